The molecule has 2 nitrogen and oxygen atoms in total. The molecule has 0 amide bonds. The summed E-state index contributed by atoms with van der Waals surface area (Å²) < 4.78 is 0. The van der Waals surface area contributed by atoms with Crippen molar-refractivity contribution in [3.63, 3.8) is 0 Å². The Morgan fingerprint density at radius 2 is 1.69 bits per heavy atom. The average Bonchev–Trinajstić information content (AvgIpc) is 2.55. The van der Waals surface area contributed by atoms with Crippen LogP contribution in [0, 0.1) is 24.7 Å². The largest absolute Gasteiger partial charge is 0.392 e. The van der Waals surface area contributed by atoms with E-state index in [1.165, 1.54) is 11.1 Å². The number of hydrogen-bond acceptors (Lipinski definition) is 2. The van der Waals surface area contributed by atoms with E-state index in [1.54, 1.807) is 0 Å². The Hall–Kier alpha value is -1.67. The molecule has 2 heteroatoms. The van der Waals surface area contributed by atoms with E-state index in [9.17, 15) is 5.11 Å². The lowest BCUT2D eigenvalue weighted by atomic mass is 9.81. The van der Waals surface area contributed by atoms with Crippen molar-refractivity contribution in [2.24, 2.45) is 11.3 Å². The third kappa shape index (κ3) is 4.94. The van der Waals surface area contributed by atoms with Gasteiger partial charge in [0.2, 0.25) is 0 Å². The zero-order chi connectivity index (χ0) is 19.5. The van der Waals surface area contributed by atoms with Crippen LogP contribution in [0.25, 0.3) is 11.1 Å². The first kappa shape index (κ1) is 20.6. The number of benzene rings is 1. The minimum absolute atomic E-state index is 0.0202. The summed E-state index contributed by atoms with van der Waals surface area (Å²) in [5.41, 5.74) is 7.93. The molecular formula is C24H34NO. The average molecular weight is 353 g/mol. The number of aliphatic hydroxyl groups excluding tert-OH is 1. The van der Waals surface area contributed by atoms with Gasteiger partial charge >= 0.3 is 0 Å². The maximum atomic E-state index is 10.2. The Balaban J connectivity index is 2.82. The van der Waals surface area contributed by atoms with E-state index in [-0.39, 0.29) is 12.0 Å². The van der Waals surface area contributed by atoms with E-state index in [0.717, 1.165) is 40.9 Å². The van der Waals surface area contributed by atoms with Crippen LogP contribution in [0.2, 0.25) is 0 Å². The van der Waals surface area contributed by atoms with Crippen molar-refractivity contribution in [2.45, 2.75) is 67.9 Å². The van der Waals surface area contributed by atoms with Gasteiger partial charge in [-0.1, -0.05) is 71.4 Å². The second-order valence-electron chi connectivity index (χ2n) is 8.76. The molecule has 0 spiro atoms. The van der Waals surface area contributed by atoms with Gasteiger partial charge in [0.15, 0.2) is 0 Å². The molecule has 0 fully saturated rings. The van der Waals surface area contributed by atoms with E-state index in [2.05, 4.69) is 79.2 Å². The highest BCUT2D eigenvalue weighted by Crippen LogP contribution is 2.37. The van der Waals surface area contributed by atoms with Crippen LogP contribution in [0.3, 0.4) is 0 Å². The molecule has 26 heavy (non-hydrogen) atoms. The third-order valence-electron chi connectivity index (χ3n) is 4.51. The van der Waals surface area contributed by atoms with Crippen LogP contribution >= 0.6 is 0 Å². The fourth-order valence-electron chi connectivity index (χ4n) is 3.39. The zero-order valence-electron chi connectivity index (χ0n) is 17.5. The van der Waals surface area contributed by atoms with E-state index in [4.69, 9.17) is 4.98 Å². The molecule has 1 heterocycles. The number of pyridine rings is 1. The molecule has 2 aromatic rings. The van der Waals surface area contributed by atoms with Crippen molar-refractivity contribution >= 4 is 0 Å². The van der Waals surface area contributed by atoms with E-state index < -0.39 is 0 Å². The third-order valence-corrected chi connectivity index (χ3v) is 4.51. The lowest BCUT2D eigenvalue weighted by Gasteiger charge is -2.26. The van der Waals surface area contributed by atoms with Crippen LogP contribution in [-0.2, 0) is 19.4 Å². The summed E-state index contributed by atoms with van der Waals surface area (Å²) in [4.78, 5) is 5.00. The molecule has 0 saturated heterocycles. The van der Waals surface area contributed by atoms with E-state index in [1.807, 2.05) is 0 Å². The second-order valence-corrected chi connectivity index (χ2v) is 8.76. The smallest absolute Gasteiger partial charge is 0.0705 e. The maximum Gasteiger partial charge on any atom is 0.0705 e. The number of aliphatic hydroxyl groups is 1. The predicted molar refractivity (Wildman–Crippen MR) is 111 cm³/mol. The van der Waals surface area contributed by atoms with Gasteiger partial charge in [-0.15, -0.1) is 0 Å². The van der Waals surface area contributed by atoms with Crippen molar-refractivity contribution < 1.29 is 5.11 Å². The number of nitrogens with zero attached hydrogens (tertiary/aromatic N) is 1. The van der Waals surface area contributed by atoms with Crippen LogP contribution in [0.4, 0.5) is 0 Å². The lowest BCUT2D eigenvalue weighted by molar-refractivity contribution is 0.280. The molecule has 1 aromatic heterocycles. The number of hydrogen-bond donors (Lipinski definition) is 1. The Morgan fingerprint density at radius 1 is 1.08 bits per heavy atom. The van der Waals surface area contributed by atoms with Gasteiger partial charge in [-0.2, -0.15) is 0 Å². The number of rotatable bonds is 6. The Kier molecular flexibility index (Phi) is 6.63. The SMILES string of the molecule is CCc1nc(CC(C)C)c([CH]C(C)(C)C)c(-c2ccc(C)cc2)c1CO. The van der Waals surface area contributed by atoms with Crippen molar-refractivity contribution in [1.29, 1.82) is 0 Å². The second kappa shape index (κ2) is 8.35. The summed E-state index contributed by atoms with van der Waals surface area (Å²) >= 11 is 0. The van der Waals surface area contributed by atoms with Crippen molar-refractivity contribution in [3.8, 4) is 11.1 Å². The van der Waals surface area contributed by atoms with E-state index >= 15 is 0 Å². The normalized spacial score (nSPS) is 12.0. The maximum absolute atomic E-state index is 10.2. The molecule has 0 aliphatic heterocycles. The molecule has 2 rings (SSSR count). The van der Waals surface area contributed by atoms with Crippen molar-refractivity contribution in [3.05, 3.63) is 58.8 Å². The lowest BCUT2D eigenvalue weighted by Crippen LogP contribution is -2.16. The summed E-state index contributed by atoms with van der Waals surface area (Å²) in [6.07, 6.45) is 4.10. The number of aromatic nitrogens is 1. The monoisotopic (exact) mass is 352 g/mol. The van der Waals surface area contributed by atoms with Gasteiger partial charge in [0.1, 0.15) is 0 Å². The van der Waals surface area contributed by atoms with Crippen LogP contribution in [0.5, 0.6) is 0 Å². The molecular weight excluding hydrogens is 318 g/mol. The zero-order valence-corrected chi connectivity index (χ0v) is 17.5. The minimum atomic E-state index is 0.0202. The van der Waals surface area contributed by atoms with Gasteiger partial charge in [0.25, 0.3) is 0 Å². The minimum Gasteiger partial charge on any atom is -0.392 e. The van der Waals surface area contributed by atoms with Crippen LogP contribution in [0.1, 0.15) is 69.6 Å². The van der Waals surface area contributed by atoms with E-state index in [0.29, 0.717) is 5.92 Å². The topological polar surface area (TPSA) is 33.1 Å². The molecule has 1 radical (unpaired) electrons. The summed E-state index contributed by atoms with van der Waals surface area (Å²) in [7, 11) is 0. The molecule has 0 saturated carbocycles. The first-order valence-corrected chi connectivity index (χ1v) is 9.74. The number of aryl methyl sites for hydroxylation is 2. The predicted octanol–water partition coefficient (Wildman–Crippen LogP) is 5.91. The summed E-state index contributed by atoms with van der Waals surface area (Å²) in [6, 6.07) is 8.63. The summed E-state index contributed by atoms with van der Waals surface area (Å²) in [5, 5.41) is 10.2. The van der Waals surface area contributed by atoms with Crippen LogP contribution in [0.15, 0.2) is 24.3 Å². The van der Waals surface area contributed by atoms with Gasteiger partial charge in [-0.3, -0.25) is 4.98 Å². The van der Waals surface area contributed by atoms with Gasteiger partial charge in [-0.25, -0.2) is 0 Å². The Labute approximate surface area is 159 Å². The molecule has 0 aliphatic carbocycles. The van der Waals surface area contributed by atoms with Crippen LogP contribution < -0.4 is 0 Å². The molecule has 0 bridgehead atoms. The quantitative estimate of drug-likeness (QED) is 0.701. The summed E-state index contributed by atoms with van der Waals surface area (Å²) in [6.45, 7) is 15.4. The fourth-order valence-corrected chi connectivity index (χ4v) is 3.39. The Bertz CT molecular complexity index is 736. The highest BCUT2D eigenvalue weighted by molar-refractivity contribution is 5.74. The molecule has 0 atom stereocenters. The fraction of sp³-hybridized carbons (Fsp3) is 0.500. The molecule has 141 valence electrons. The highest BCUT2D eigenvalue weighted by atomic mass is 16.3. The molecule has 1 N–H and O–H groups in total. The van der Waals surface area contributed by atoms with Gasteiger partial charge in [0, 0.05) is 17.0 Å². The van der Waals surface area contributed by atoms with Gasteiger partial charge < -0.3 is 5.11 Å². The first-order valence-electron chi connectivity index (χ1n) is 9.74. The van der Waals surface area contributed by atoms with Crippen molar-refractivity contribution in [1.82, 2.24) is 4.98 Å². The van der Waals surface area contributed by atoms with Gasteiger partial charge in [0.05, 0.1) is 6.61 Å². The standard InChI is InChI=1S/C24H34NO/c1-8-21-20(15-26)23(18-11-9-17(4)10-12-18)19(14-24(5,6)7)22(25-21)13-16(2)3/h9-12,14,16,26H,8,13,15H2,1-7H3. The molecule has 0 unspecified atom stereocenters. The Morgan fingerprint density at radius 3 is 2.15 bits per heavy atom. The first-order chi connectivity index (χ1) is 12.2. The van der Waals surface area contributed by atoms with Crippen molar-refractivity contribution in [2.75, 3.05) is 0 Å². The van der Waals surface area contributed by atoms with Crippen LogP contribution in [-0.4, -0.2) is 10.1 Å². The molecule has 1 aromatic carbocycles. The highest BCUT2D eigenvalue weighted by Gasteiger charge is 2.24. The summed E-state index contributed by atoms with van der Waals surface area (Å²) in [5.74, 6) is 0.533. The molecule has 0 aliphatic rings. The van der Waals surface area contributed by atoms with Gasteiger partial charge in [-0.05, 0) is 54.2 Å².